The van der Waals surface area contributed by atoms with E-state index < -0.39 is 0 Å². The summed E-state index contributed by atoms with van der Waals surface area (Å²) in [5.74, 6) is 0.944. The van der Waals surface area contributed by atoms with E-state index in [0.717, 1.165) is 24.6 Å². The number of aromatic nitrogens is 2. The summed E-state index contributed by atoms with van der Waals surface area (Å²) in [6.45, 7) is 4.93. The van der Waals surface area contributed by atoms with Crippen molar-refractivity contribution in [2.75, 3.05) is 36.4 Å². The molecule has 26 heavy (non-hydrogen) atoms. The Morgan fingerprint density at radius 2 is 1.96 bits per heavy atom. The smallest absolute Gasteiger partial charge is 0.224 e. The van der Waals surface area contributed by atoms with E-state index in [4.69, 9.17) is 0 Å². The first-order chi connectivity index (χ1) is 12.6. The Kier molecular flexibility index (Phi) is 5.99. The minimum absolute atomic E-state index is 0.0345. The predicted molar refractivity (Wildman–Crippen MR) is 99.8 cm³/mol. The van der Waals surface area contributed by atoms with Gasteiger partial charge in [0.1, 0.15) is 11.6 Å². The lowest BCUT2D eigenvalue weighted by molar-refractivity contribution is -0.120. The molecule has 0 saturated carbocycles. The zero-order valence-corrected chi connectivity index (χ0v) is 15.0. The van der Waals surface area contributed by atoms with Crippen LogP contribution in [0.15, 0.2) is 30.3 Å². The molecule has 2 aromatic rings. The minimum Gasteiger partial charge on any atom is -0.356 e. The normalized spacial score (nSPS) is 13.7. The molecular formula is C19H24FN5O. The largest absolute Gasteiger partial charge is 0.356 e. The van der Waals surface area contributed by atoms with Gasteiger partial charge >= 0.3 is 0 Å². The van der Waals surface area contributed by atoms with Gasteiger partial charge in [0.2, 0.25) is 11.9 Å². The molecule has 0 spiro atoms. The highest BCUT2D eigenvalue weighted by Crippen LogP contribution is 2.19. The number of hydrogen-bond acceptors (Lipinski definition) is 5. The van der Waals surface area contributed by atoms with E-state index in [9.17, 15) is 9.18 Å². The fourth-order valence-electron chi connectivity index (χ4n) is 2.99. The molecular weight excluding hydrogens is 333 g/mol. The van der Waals surface area contributed by atoms with Crippen molar-refractivity contribution in [2.45, 2.75) is 26.2 Å². The molecule has 1 aromatic carbocycles. The highest BCUT2D eigenvalue weighted by Gasteiger charge is 2.15. The molecule has 0 aliphatic carbocycles. The van der Waals surface area contributed by atoms with Crippen molar-refractivity contribution in [3.63, 3.8) is 0 Å². The molecule has 0 atom stereocenters. The molecule has 138 valence electrons. The van der Waals surface area contributed by atoms with E-state index in [-0.39, 0.29) is 18.1 Å². The van der Waals surface area contributed by atoms with Crippen LogP contribution in [0.1, 0.15) is 24.1 Å². The summed E-state index contributed by atoms with van der Waals surface area (Å²) >= 11 is 0. The number of anilines is 2. The number of benzene rings is 1. The van der Waals surface area contributed by atoms with Gasteiger partial charge in [-0.25, -0.2) is 9.37 Å². The molecule has 1 saturated heterocycles. The summed E-state index contributed by atoms with van der Waals surface area (Å²) in [6.07, 6.45) is 2.42. The zero-order chi connectivity index (χ0) is 18.4. The number of amides is 1. The summed E-state index contributed by atoms with van der Waals surface area (Å²) in [5, 5.41) is 5.92. The number of rotatable bonds is 7. The average molecular weight is 357 g/mol. The van der Waals surface area contributed by atoms with Crippen molar-refractivity contribution in [1.82, 2.24) is 15.3 Å². The molecule has 1 fully saturated rings. The molecule has 0 bridgehead atoms. The zero-order valence-electron chi connectivity index (χ0n) is 15.0. The van der Waals surface area contributed by atoms with E-state index in [1.165, 1.54) is 18.9 Å². The molecule has 0 unspecified atom stereocenters. The summed E-state index contributed by atoms with van der Waals surface area (Å²) < 4.78 is 13.6. The Bertz CT molecular complexity index is 761. The van der Waals surface area contributed by atoms with Crippen LogP contribution < -0.4 is 15.5 Å². The maximum absolute atomic E-state index is 13.6. The second kappa shape index (κ2) is 8.60. The maximum Gasteiger partial charge on any atom is 0.224 e. The minimum atomic E-state index is -0.358. The lowest BCUT2D eigenvalue weighted by atomic mass is 10.1. The highest BCUT2D eigenvalue weighted by molar-refractivity contribution is 5.78. The lowest BCUT2D eigenvalue weighted by Crippen LogP contribution is -2.30. The van der Waals surface area contributed by atoms with E-state index in [1.54, 1.807) is 18.2 Å². The van der Waals surface area contributed by atoms with Crippen LogP contribution in [0.3, 0.4) is 0 Å². The van der Waals surface area contributed by atoms with E-state index in [2.05, 4.69) is 25.5 Å². The number of aryl methyl sites for hydroxylation is 1. The monoisotopic (exact) mass is 357 g/mol. The highest BCUT2D eigenvalue weighted by atomic mass is 19.1. The first-order valence-corrected chi connectivity index (χ1v) is 8.96. The Labute approximate surface area is 152 Å². The van der Waals surface area contributed by atoms with Crippen molar-refractivity contribution in [3.05, 3.63) is 47.4 Å². The van der Waals surface area contributed by atoms with Crippen molar-refractivity contribution >= 4 is 17.7 Å². The summed E-state index contributed by atoms with van der Waals surface area (Å²) in [5.41, 5.74) is 1.31. The van der Waals surface area contributed by atoms with Crippen LogP contribution in [0.2, 0.25) is 0 Å². The topological polar surface area (TPSA) is 70.2 Å². The first kappa shape index (κ1) is 18.1. The van der Waals surface area contributed by atoms with Gasteiger partial charge in [-0.05, 0) is 31.4 Å². The van der Waals surface area contributed by atoms with Gasteiger partial charge in [0.05, 0.1) is 6.42 Å². The lowest BCUT2D eigenvalue weighted by Gasteiger charge is -2.17. The third-order valence-corrected chi connectivity index (χ3v) is 4.31. The number of nitrogens with one attached hydrogen (secondary N) is 2. The van der Waals surface area contributed by atoms with Crippen molar-refractivity contribution in [3.8, 4) is 0 Å². The maximum atomic E-state index is 13.6. The van der Waals surface area contributed by atoms with Gasteiger partial charge in [-0.3, -0.25) is 4.79 Å². The molecule has 6 nitrogen and oxygen atoms in total. The number of halogens is 1. The number of nitrogens with zero attached hydrogens (tertiary/aromatic N) is 3. The number of carbonyl (C=O) groups excluding carboxylic acids is 1. The van der Waals surface area contributed by atoms with Crippen LogP contribution in [0.5, 0.6) is 0 Å². The van der Waals surface area contributed by atoms with Crippen LogP contribution in [0, 0.1) is 12.7 Å². The molecule has 2 N–H and O–H groups in total. The van der Waals surface area contributed by atoms with E-state index >= 15 is 0 Å². The van der Waals surface area contributed by atoms with Crippen LogP contribution in [-0.2, 0) is 11.2 Å². The third-order valence-electron chi connectivity index (χ3n) is 4.31. The average Bonchev–Trinajstić information content (AvgIpc) is 3.15. The molecule has 1 amide bonds. The van der Waals surface area contributed by atoms with Gasteiger partial charge < -0.3 is 15.5 Å². The molecule has 3 rings (SSSR count). The molecule has 2 heterocycles. The predicted octanol–water partition coefficient (Wildman–Crippen LogP) is 2.30. The summed E-state index contributed by atoms with van der Waals surface area (Å²) in [6, 6.07) is 8.30. The van der Waals surface area contributed by atoms with Crippen molar-refractivity contribution < 1.29 is 9.18 Å². The Morgan fingerprint density at radius 1 is 1.19 bits per heavy atom. The fraction of sp³-hybridized carbons (Fsp3) is 0.421. The summed E-state index contributed by atoms with van der Waals surface area (Å²) in [4.78, 5) is 23.1. The van der Waals surface area contributed by atoms with Crippen LogP contribution in [0.25, 0.3) is 0 Å². The van der Waals surface area contributed by atoms with Gasteiger partial charge in [0.25, 0.3) is 0 Å². The molecule has 0 radical (unpaired) electrons. The SMILES string of the molecule is Cc1cc(N2CCCC2)nc(NCCNC(=O)Cc2ccccc2F)n1. The molecule has 1 aromatic heterocycles. The van der Waals surface area contributed by atoms with Crippen LogP contribution in [-0.4, -0.2) is 42.1 Å². The van der Waals surface area contributed by atoms with Crippen molar-refractivity contribution in [1.29, 1.82) is 0 Å². The van der Waals surface area contributed by atoms with Gasteiger partial charge in [-0.2, -0.15) is 4.98 Å². The standard InChI is InChI=1S/C19H24FN5O/c1-14-12-17(25-10-4-5-11-25)24-19(23-14)22-9-8-21-18(26)13-15-6-2-3-7-16(15)20/h2-3,6-7,12H,4-5,8-11,13H2,1H3,(H,21,26)(H,22,23,24). The van der Waals surface area contributed by atoms with E-state index in [0.29, 0.717) is 24.6 Å². The van der Waals surface area contributed by atoms with Gasteiger partial charge in [-0.1, -0.05) is 18.2 Å². The fourth-order valence-corrected chi connectivity index (χ4v) is 2.99. The first-order valence-electron chi connectivity index (χ1n) is 8.96. The van der Waals surface area contributed by atoms with Gasteiger partial charge in [0.15, 0.2) is 0 Å². The third kappa shape index (κ3) is 4.91. The Morgan fingerprint density at radius 3 is 2.73 bits per heavy atom. The quantitative estimate of drug-likeness (QED) is 0.744. The Balaban J connectivity index is 1.46. The second-order valence-corrected chi connectivity index (χ2v) is 6.43. The van der Waals surface area contributed by atoms with Crippen LogP contribution in [0.4, 0.5) is 16.2 Å². The number of hydrogen-bond donors (Lipinski definition) is 2. The van der Waals surface area contributed by atoms with Crippen molar-refractivity contribution in [2.24, 2.45) is 0 Å². The number of carbonyl (C=O) groups is 1. The van der Waals surface area contributed by atoms with Gasteiger partial charge in [-0.15, -0.1) is 0 Å². The summed E-state index contributed by atoms with van der Waals surface area (Å²) in [7, 11) is 0. The molecule has 1 aliphatic rings. The van der Waals surface area contributed by atoms with Crippen LogP contribution >= 0.6 is 0 Å². The van der Waals surface area contributed by atoms with Gasteiger partial charge in [0, 0.05) is 37.9 Å². The Hall–Kier alpha value is -2.70. The second-order valence-electron chi connectivity index (χ2n) is 6.43. The molecule has 1 aliphatic heterocycles. The molecule has 7 heteroatoms. The van der Waals surface area contributed by atoms with E-state index in [1.807, 2.05) is 13.0 Å².